The molecule has 0 radical (unpaired) electrons. The number of aliphatic imine (C=N–C) groups is 1. The van der Waals surface area contributed by atoms with Crippen molar-refractivity contribution in [3.8, 4) is 0 Å². The number of hydrogen-bond donors (Lipinski definition) is 4. The first-order chi connectivity index (χ1) is 12.1. The van der Waals surface area contributed by atoms with Gasteiger partial charge in [0.1, 0.15) is 5.60 Å². The monoisotopic (exact) mass is 363 g/mol. The topological polar surface area (TPSA) is 93.3 Å². The number of aliphatic hydroxyl groups is 4. The van der Waals surface area contributed by atoms with Crippen molar-refractivity contribution in [1.82, 2.24) is 0 Å². The molecule has 0 saturated heterocycles. The van der Waals surface area contributed by atoms with Crippen LogP contribution >= 0.6 is 0 Å². The standard InChI is InChI=1S/C21H33NO4/c1-11-14-6-5-13-12(10-22-4)8-20(14,18(13)25)9-17(24)21(26)15(11)7-16(23)19(21,2)3/h8,10-11,13-18,23-26H,5-7,9H2,1-4H3/t11-,13-,14-,15-,16-,17+,18+,20+,21-/m0/s1. The van der Waals surface area contributed by atoms with Crippen molar-refractivity contribution in [3.05, 3.63) is 11.6 Å². The van der Waals surface area contributed by atoms with Gasteiger partial charge in [-0.15, -0.1) is 0 Å². The van der Waals surface area contributed by atoms with Crippen molar-refractivity contribution in [3.63, 3.8) is 0 Å². The van der Waals surface area contributed by atoms with Crippen LogP contribution in [0.2, 0.25) is 0 Å². The number of fused-ring (bicyclic) bond motifs is 2. The minimum Gasteiger partial charge on any atom is -0.392 e. The first kappa shape index (κ1) is 18.6. The third-order valence-electron chi connectivity index (χ3n) is 8.78. The summed E-state index contributed by atoms with van der Waals surface area (Å²) >= 11 is 0. The molecule has 0 amide bonds. The molecule has 3 fully saturated rings. The van der Waals surface area contributed by atoms with Crippen LogP contribution in [0, 0.1) is 34.5 Å². The molecule has 0 heterocycles. The molecule has 0 aromatic rings. The maximum absolute atomic E-state index is 11.7. The Labute approximate surface area is 155 Å². The van der Waals surface area contributed by atoms with Gasteiger partial charge in [-0.2, -0.15) is 0 Å². The van der Waals surface area contributed by atoms with E-state index in [1.54, 1.807) is 7.05 Å². The molecule has 0 aromatic carbocycles. The third-order valence-corrected chi connectivity index (χ3v) is 8.78. The molecule has 9 atom stereocenters. The zero-order valence-electron chi connectivity index (χ0n) is 16.3. The van der Waals surface area contributed by atoms with Gasteiger partial charge in [-0.3, -0.25) is 4.99 Å². The Hall–Kier alpha value is -0.750. The summed E-state index contributed by atoms with van der Waals surface area (Å²) in [6, 6.07) is 0. The largest absolute Gasteiger partial charge is 0.392 e. The fourth-order valence-corrected chi connectivity index (χ4v) is 7.23. The second-order valence-electron chi connectivity index (χ2n) is 9.86. The van der Waals surface area contributed by atoms with E-state index < -0.39 is 34.7 Å². The van der Waals surface area contributed by atoms with Crippen LogP contribution in [0.4, 0.5) is 0 Å². The van der Waals surface area contributed by atoms with Gasteiger partial charge in [0.05, 0.1) is 18.3 Å². The number of rotatable bonds is 1. The van der Waals surface area contributed by atoms with Crippen molar-refractivity contribution < 1.29 is 20.4 Å². The molecule has 0 unspecified atom stereocenters. The zero-order chi connectivity index (χ0) is 19.1. The van der Waals surface area contributed by atoms with Gasteiger partial charge in [-0.05, 0) is 49.0 Å². The van der Waals surface area contributed by atoms with E-state index >= 15 is 0 Å². The minimum absolute atomic E-state index is 0.0699. The van der Waals surface area contributed by atoms with Crippen LogP contribution in [-0.2, 0) is 0 Å². The highest BCUT2D eigenvalue weighted by Gasteiger charge is 2.70. The van der Waals surface area contributed by atoms with Gasteiger partial charge in [-0.1, -0.05) is 26.8 Å². The lowest BCUT2D eigenvalue weighted by Crippen LogP contribution is -2.57. The third kappa shape index (κ3) is 1.98. The van der Waals surface area contributed by atoms with E-state index in [4.69, 9.17) is 0 Å². The highest BCUT2D eigenvalue weighted by Crippen LogP contribution is 2.66. The van der Waals surface area contributed by atoms with Crippen LogP contribution in [0.5, 0.6) is 0 Å². The van der Waals surface area contributed by atoms with Crippen molar-refractivity contribution in [2.24, 2.45) is 39.5 Å². The normalized spacial score (nSPS) is 55.4. The molecular weight excluding hydrogens is 330 g/mol. The van der Waals surface area contributed by atoms with Crippen LogP contribution in [0.25, 0.3) is 0 Å². The summed E-state index contributed by atoms with van der Waals surface area (Å²) in [7, 11) is 1.74. The van der Waals surface area contributed by atoms with Crippen LogP contribution in [0.15, 0.2) is 16.6 Å². The fourth-order valence-electron chi connectivity index (χ4n) is 7.23. The van der Waals surface area contributed by atoms with Crippen molar-refractivity contribution in [2.75, 3.05) is 7.05 Å². The molecule has 146 valence electrons. The Morgan fingerprint density at radius 1 is 1.12 bits per heavy atom. The molecule has 0 aliphatic heterocycles. The zero-order valence-corrected chi connectivity index (χ0v) is 16.3. The average molecular weight is 363 g/mol. The summed E-state index contributed by atoms with van der Waals surface area (Å²) in [6.45, 7) is 5.86. The Bertz CT molecular complexity index is 658. The molecule has 1 spiro atoms. The molecule has 2 bridgehead atoms. The number of nitrogens with zero attached hydrogens (tertiary/aromatic N) is 1. The second-order valence-corrected chi connectivity index (χ2v) is 9.86. The number of hydrogen-bond acceptors (Lipinski definition) is 5. The predicted molar refractivity (Wildman–Crippen MR) is 99.8 cm³/mol. The van der Waals surface area contributed by atoms with Crippen LogP contribution < -0.4 is 0 Å². The van der Waals surface area contributed by atoms with Gasteiger partial charge in [-0.25, -0.2) is 0 Å². The molecule has 4 rings (SSSR count). The average Bonchev–Trinajstić information content (AvgIpc) is 2.82. The van der Waals surface area contributed by atoms with E-state index in [1.165, 1.54) is 0 Å². The first-order valence-electron chi connectivity index (χ1n) is 10.0. The Morgan fingerprint density at radius 2 is 1.81 bits per heavy atom. The smallest absolute Gasteiger partial charge is 0.101 e. The molecule has 4 aliphatic carbocycles. The Morgan fingerprint density at radius 3 is 2.46 bits per heavy atom. The molecule has 0 aromatic heterocycles. The summed E-state index contributed by atoms with van der Waals surface area (Å²) in [6.07, 6.45) is 4.56. The highest BCUT2D eigenvalue weighted by molar-refractivity contribution is 5.81. The quantitative estimate of drug-likeness (QED) is 0.532. The molecule has 5 nitrogen and oxygen atoms in total. The number of aliphatic hydroxyl groups excluding tert-OH is 3. The van der Waals surface area contributed by atoms with Crippen LogP contribution in [-0.4, -0.2) is 57.6 Å². The molecule has 3 saturated carbocycles. The van der Waals surface area contributed by atoms with Gasteiger partial charge >= 0.3 is 0 Å². The predicted octanol–water partition coefficient (Wildman–Crippen LogP) is 1.54. The molecular formula is C21H33NO4. The lowest BCUT2D eigenvalue weighted by atomic mass is 9.59. The van der Waals surface area contributed by atoms with Gasteiger partial charge in [0.2, 0.25) is 0 Å². The van der Waals surface area contributed by atoms with E-state index in [0.717, 1.165) is 18.4 Å². The second kappa shape index (κ2) is 5.63. The summed E-state index contributed by atoms with van der Waals surface area (Å²) < 4.78 is 0. The molecule has 26 heavy (non-hydrogen) atoms. The first-order valence-corrected chi connectivity index (χ1v) is 10.0. The maximum atomic E-state index is 11.7. The van der Waals surface area contributed by atoms with Crippen molar-refractivity contribution in [1.29, 1.82) is 0 Å². The SMILES string of the molecule is CN=CC1=C[C@@]23C[C@@H](O)[C@@]4(O)[C@@H](C[C@H](O)C4(C)C)[C@@H](C)[C@@H]2CC[C@@H]1[C@H]3O. The van der Waals surface area contributed by atoms with E-state index in [1.807, 2.05) is 20.1 Å². The summed E-state index contributed by atoms with van der Waals surface area (Å²) in [5.74, 6) is 0.193. The minimum atomic E-state index is -1.34. The van der Waals surface area contributed by atoms with E-state index in [9.17, 15) is 20.4 Å². The highest BCUT2D eigenvalue weighted by atomic mass is 16.4. The summed E-state index contributed by atoms with van der Waals surface area (Å²) in [5.41, 5.74) is -1.57. The van der Waals surface area contributed by atoms with E-state index in [-0.39, 0.29) is 23.7 Å². The van der Waals surface area contributed by atoms with Crippen LogP contribution in [0.3, 0.4) is 0 Å². The lowest BCUT2D eigenvalue weighted by Gasteiger charge is -2.47. The van der Waals surface area contributed by atoms with Crippen molar-refractivity contribution >= 4 is 6.21 Å². The summed E-state index contributed by atoms with van der Waals surface area (Å²) in [4.78, 5) is 4.16. The molecule has 4 N–H and O–H groups in total. The van der Waals surface area contributed by atoms with Gasteiger partial charge < -0.3 is 20.4 Å². The maximum Gasteiger partial charge on any atom is 0.101 e. The van der Waals surface area contributed by atoms with Crippen LogP contribution in [0.1, 0.15) is 46.5 Å². The van der Waals surface area contributed by atoms with E-state index in [2.05, 4.69) is 18.0 Å². The van der Waals surface area contributed by atoms with Gasteiger partial charge in [0.25, 0.3) is 0 Å². The molecule has 4 aliphatic rings. The Balaban J connectivity index is 1.84. The van der Waals surface area contributed by atoms with Crippen molar-refractivity contribution in [2.45, 2.75) is 70.4 Å². The lowest BCUT2D eigenvalue weighted by molar-refractivity contribution is -0.177. The van der Waals surface area contributed by atoms with Gasteiger partial charge in [0, 0.05) is 30.0 Å². The Kier molecular flexibility index (Phi) is 4.03. The van der Waals surface area contributed by atoms with E-state index in [0.29, 0.717) is 12.8 Å². The van der Waals surface area contributed by atoms with Gasteiger partial charge in [0.15, 0.2) is 0 Å². The fraction of sp³-hybridized carbons (Fsp3) is 0.857. The summed E-state index contributed by atoms with van der Waals surface area (Å²) in [5, 5.41) is 44.8. The molecule has 5 heteroatoms.